The van der Waals surface area contributed by atoms with E-state index in [1.807, 2.05) is 18.2 Å². The summed E-state index contributed by atoms with van der Waals surface area (Å²) in [5, 5.41) is 6.15. The number of halogens is 1. The maximum absolute atomic E-state index is 12.4. The van der Waals surface area contributed by atoms with E-state index in [1.165, 1.54) is 0 Å². The van der Waals surface area contributed by atoms with Gasteiger partial charge in [-0.1, -0.05) is 29.3 Å². The number of likely N-dealkylation sites (tertiary alicyclic amines) is 1. The molecule has 0 spiro atoms. The molecule has 2 aromatic rings. The number of hydrogen-bond donors (Lipinski definition) is 1. The molecule has 152 valence electrons. The molecule has 0 bridgehead atoms. The van der Waals surface area contributed by atoms with Crippen molar-refractivity contribution < 1.29 is 9.53 Å². The van der Waals surface area contributed by atoms with Gasteiger partial charge in [-0.05, 0) is 44.0 Å². The predicted molar refractivity (Wildman–Crippen MR) is 118 cm³/mol. The molecular weight excluding hydrogens is 438 g/mol. The van der Waals surface area contributed by atoms with Gasteiger partial charge in [-0.2, -0.15) is 0 Å². The van der Waals surface area contributed by atoms with Crippen molar-refractivity contribution in [3.8, 4) is 16.3 Å². The number of carbonyl (C=O) groups is 1. The van der Waals surface area contributed by atoms with Crippen LogP contribution in [0.5, 0.6) is 5.75 Å². The van der Waals surface area contributed by atoms with Crippen LogP contribution in [-0.2, 0) is 11.3 Å². The smallest absolute Gasteiger partial charge is 0.224 e. The minimum atomic E-state index is 0.0916. The van der Waals surface area contributed by atoms with Crippen LogP contribution in [-0.4, -0.2) is 42.5 Å². The fraction of sp³-hybridized carbons (Fsp3) is 0.524. The molecule has 0 radical (unpaired) electrons. The molecule has 1 aliphatic heterocycles. The second-order valence-electron chi connectivity index (χ2n) is 7.21. The van der Waals surface area contributed by atoms with Gasteiger partial charge in [0.2, 0.25) is 5.91 Å². The topological polar surface area (TPSA) is 54.5 Å². The van der Waals surface area contributed by atoms with Gasteiger partial charge in [-0.15, -0.1) is 11.3 Å². The number of ether oxygens (including phenoxy) is 1. The van der Waals surface area contributed by atoms with E-state index in [-0.39, 0.29) is 11.8 Å². The fourth-order valence-electron chi connectivity index (χ4n) is 3.53. The maximum atomic E-state index is 12.4. The van der Waals surface area contributed by atoms with Crippen molar-refractivity contribution in [2.24, 2.45) is 5.92 Å². The minimum Gasteiger partial charge on any atom is -0.496 e. The highest BCUT2D eigenvalue weighted by Gasteiger charge is 2.26. The van der Waals surface area contributed by atoms with Crippen LogP contribution in [0.4, 0.5) is 0 Å². The van der Waals surface area contributed by atoms with Crippen molar-refractivity contribution in [2.75, 3.05) is 26.7 Å². The lowest BCUT2D eigenvalue weighted by Gasteiger charge is -2.31. The molecule has 1 aliphatic rings. The quantitative estimate of drug-likeness (QED) is 0.573. The van der Waals surface area contributed by atoms with Gasteiger partial charge in [0.25, 0.3) is 0 Å². The molecule has 1 aromatic carbocycles. The summed E-state index contributed by atoms with van der Waals surface area (Å²) in [5.74, 6) is 1.12. The van der Waals surface area contributed by atoms with Crippen molar-refractivity contribution >= 4 is 33.2 Å². The third kappa shape index (κ3) is 5.55. The Labute approximate surface area is 179 Å². The van der Waals surface area contributed by atoms with E-state index >= 15 is 0 Å². The van der Waals surface area contributed by atoms with Gasteiger partial charge in [0.1, 0.15) is 10.8 Å². The van der Waals surface area contributed by atoms with Crippen LogP contribution in [0, 0.1) is 5.92 Å². The first-order valence-corrected chi connectivity index (χ1v) is 11.6. The summed E-state index contributed by atoms with van der Waals surface area (Å²) < 4.78 is 6.49. The number of carbonyl (C=O) groups excluding carboxylic acids is 1. The van der Waals surface area contributed by atoms with Gasteiger partial charge < -0.3 is 10.1 Å². The number of hydrogen-bond acceptors (Lipinski definition) is 5. The fourth-order valence-corrected chi connectivity index (χ4v) is 4.72. The summed E-state index contributed by atoms with van der Waals surface area (Å²) in [6.07, 6.45) is 4.18. The number of thiazole rings is 1. The Bertz CT molecular complexity index is 796. The van der Waals surface area contributed by atoms with Crippen molar-refractivity contribution in [2.45, 2.75) is 39.2 Å². The molecule has 1 amide bonds. The van der Waals surface area contributed by atoms with Crippen LogP contribution >= 0.6 is 27.3 Å². The lowest BCUT2D eigenvalue weighted by atomic mass is 9.97. The minimum absolute atomic E-state index is 0.0916. The lowest BCUT2D eigenvalue weighted by molar-refractivity contribution is -0.126. The van der Waals surface area contributed by atoms with E-state index in [4.69, 9.17) is 9.72 Å². The molecule has 3 rings (SSSR count). The molecule has 1 aromatic heterocycles. The van der Waals surface area contributed by atoms with Gasteiger partial charge in [-0.25, -0.2) is 4.98 Å². The van der Waals surface area contributed by atoms with E-state index in [9.17, 15) is 4.79 Å². The lowest BCUT2D eigenvalue weighted by Crippen LogP contribution is -2.42. The van der Waals surface area contributed by atoms with Crippen LogP contribution in [0.15, 0.2) is 28.1 Å². The molecule has 0 aliphatic carbocycles. The molecular formula is C21H28BrN3O2S. The van der Waals surface area contributed by atoms with Crippen molar-refractivity contribution in [1.82, 2.24) is 15.2 Å². The van der Waals surface area contributed by atoms with Gasteiger partial charge in [0.15, 0.2) is 0 Å². The predicted octanol–water partition coefficient (Wildman–Crippen LogP) is 4.71. The Morgan fingerprint density at radius 1 is 1.46 bits per heavy atom. The van der Waals surface area contributed by atoms with E-state index in [0.717, 1.165) is 78.3 Å². The van der Waals surface area contributed by atoms with Crippen LogP contribution in [0.25, 0.3) is 10.6 Å². The first-order valence-electron chi connectivity index (χ1n) is 9.89. The van der Waals surface area contributed by atoms with E-state index in [2.05, 4.69) is 38.5 Å². The highest BCUT2D eigenvalue weighted by Crippen LogP contribution is 2.34. The highest BCUT2D eigenvalue weighted by molar-refractivity contribution is 9.10. The van der Waals surface area contributed by atoms with Crippen LogP contribution in [0.2, 0.25) is 0 Å². The molecule has 1 unspecified atom stereocenters. The van der Waals surface area contributed by atoms with Crippen LogP contribution in [0.1, 0.15) is 38.3 Å². The molecule has 2 heterocycles. The SMILES string of the molecule is CCCCNC(=O)C1CCCN(Cc2csc(-c3cc(Br)ccc3OC)n2)C1. The second kappa shape index (κ2) is 10.4. The molecule has 1 fully saturated rings. The molecule has 28 heavy (non-hydrogen) atoms. The van der Waals surface area contributed by atoms with E-state index in [0.29, 0.717) is 0 Å². The normalized spacial score (nSPS) is 17.5. The third-order valence-electron chi connectivity index (χ3n) is 5.04. The number of piperidine rings is 1. The summed E-state index contributed by atoms with van der Waals surface area (Å²) in [7, 11) is 1.68. The van der Waals surface area contributed by atoms with Crippen molar-refractivity contribution in [3.63, 3.8) is 0 Å². The summed E-state index contributed by atoms with van der Waals surface area (Å²) in [6, 6.07) is 5.96. The Hall–Kier alpha value is -1.44. The number of methoxy groups -OCH3 is 1. The van der Waals surface area contributed by atoms with Crippen LogP contribution < -0.4 is 10.1 Å². The average molecular weight is 466 g/mol. The monoisotopic (exact) mass is 465 g/mol. The Kier molecular flexibility index (Phi) is 7.88. The number of nitrogens with one attached hydrogen (secondary N) is 1. The number of rotatable bonds is 8. The summed E-state index contributed by atoms with van der Waals surface area (Å²) in [4.78, 5) is 19.6. The highest BCUT2D eigenvalue weighted by atomic mass is 79.9. The summed E-state index contributed by atoms with van der Waals surface area (Å²) in [5.41, 5.74) is 2.05. The first-order chi connectivity index (χ1) is 13.6. The largest absolute Gasteiger partial charge is 0.496 e. The van der Waals surface area contributed by atoms with Crippen molar-refractivity contribution in [1.29, 1.82) is 0 Å². The van der Waals surface area contributed by atoms with Gasteiger partial charge in [0.05, 0.1) is 24.3 Å². The molecule has 1 saturated heterocycles. The number of amides is 1. The third-order valence-corrected chi connectivity index (χ3v) is 6.45. The Morgan fingerprint density at radius 3 is 3.11 bits per heavy atom. The molecule has 0 saturated carbocycles. The number of benzene rings is 1. The zero-order valence-electron chi connectivity index (χ0n) is 16.5. The number of nitrogens with zero attached hydrogens (tertiary/aromatic N) is 2. The van der Waals surface area contributed by atoms with Gasteiger partial charge in [-0.3, -0.25) is 9.69 Å². The van der Waals surface area contributed by atoms with Gasteiger partial charge in [0, 0.05) is 29.5 Å². The van der Waals surface area contributed by atoms with E-state index in [1.54, 1.807) is 18.4 Å². The number of aromatic nitrogens is 1. The zero-order valence-corrected chi connectivity index (χ0v) is 18.9. The molecule has 7 heteroatoms. The van der Waals surface area contributed by atoms with Crippen LogP contribution in [0.3, 0.4) is 0 Å². The average Bonchev–Trinajstić information content (AvgIpc) is 3.16. The zero-order chi connectivity index (χ0) is 19.9. The molecule has 1 atom stereocenters. The first kappa shape index (κ1) is 21.3. The Morgan fingerprint density at radius 2 is 2.32 bits per heavy atom. The van der Waals surface area contributed by atoms with Gasteiger partial charge >= 0.3 is 0 Å². The summed E-state index contributed by atoms with van der Waals surface area (Å²) >= 11 is 5.16. The van der Waals surface area contributed by atoms with Crippen molar-refractivity contribution in [3.05, 3.63) is 33.7 Å². The Balaban J connectivity index is 1.62. The molecule has 1 N–H and O–H groups in total. The molecule has 5 nitrogen and oxygen atoms in total. The van der Waals surface area contributed by atoms with E-state index < -0.39 is 0 Å². The summed E-state index contributed by atoms with van der Waals surface area (Å²) in [6.45, 7) is 5.54. The standard InChI is InChI=1S/C21H28BrN3O2S/c1-3-4-9-23-20(26)15-6-5-10-25(12-15)13-17-14-28-21(24-17)18-11-16(22)7-8-19(18)27-2/h7-8,11,14-15H,3-6,9-10,12-13H2,1-2H3,(H,23,26). The number of unbranched alkanes of at least 4 members (excludes halogenated alkanes) is 1. The second-order valence-corrected chi connectivity index (χ2v) is 8.98. The maximum Gasteiger partial charge on any atom is 0.224 e.